The van der Waals surface area contributed by atoms with E-state index in [1.807, 2.05) is 18.2 Å². The molecule has 2 heterocycles. The van der Waals surface area contributed by atoms with Crippen LogP contribution in [-0.4, -0.2) is 28.8 Å². The van der Waals surface area contributed by atoms with Gasteiger partial charge in [0.2, 0.25) is 0 Å². The van der Waals surface area contributed by atoms with Crippen LogP contribution in [0.15, 0.2) is 36.5 Å². The van der Waals surface area contributed by atoms with Gasteiger partial charge in [-0.25, -0.2) is 9.50 Å². The van der Waals surface area contributed by atoms with E-state index in [-0.39, 0.29) is 0 Å². The van der Waals surface area contributed by atoms with E-state index < -0.39 is 0 Å². The van der Waals surface area contributed by atoms with Crippen molar-refractivity contribution in [1.82, 2.24) is 14.6 Å². The topological polar surface area (TPSA) is 48.7 Å². The minimum atomic E-state index is 0.497. The normalized spacial score (nSPS) is 10.8. The van der Waals surface area contributed by atoms with Crippen LogP contribution in [0.1, 0.15) is 0 Å². The first-order valence-corrected chi connectivity index (χ1v) is 6.33. The Morgan fingerprint density at radius 2 is 1.75 bits per heavy atom. The number of nitrogens with zero attached hydrogens (tertiary/aromatic N) is 3. The molecule has 3 rings (SSSR count). The summed E-state index contributed by atoms with van der Waals surface area (Å²) >= 11 is 6.20. The predicted molar refractivity (Wildman–Crippen MR) is 76.5 cm³/mol. The summed E-state index contributed by atoms with van der Waals surface area (Å²) in [4.78, 5) is 4.52. The molecule has 0 radical (unpaired) electrons. The van der Waals surface area contributed by atoms with E-state index in [1.54, 1.807) is 37.1 Å². The first-order chi connectivity index (χ1) is 9.71. The largest absolute Gasteiger partial charge is 0.497 e. The quantitative estimate of drug-likeness (QED) is 0.695. The van der Waals surface area contributed by atoms with Crippen molar-refractivity contribution in [2.75, 3.05) is 14.2 Å². The van der Waals surface area contributed by atoms with Gasteiger partial charge >= 0.3 is 0 Å². The molecule has 1 aromatic carbocycles. The van der Waals surface area contributed by atoms with Crippen LogP contribution in [0.25, 0.3) is 16.9 Å². The first-order valence-electron chi connectivity index (χ1n) is 5.95. The number of ether oxygens (including phenoxy) is 2. The average Bonchev–Trinajstić information content (AvgIpc) is 2.95. The summed E-state index contributed by atoms with van der Waals surface area (Å²) < 4.78 is 12.1. The monoisotopic (exact) mass is 289 g/mol. The van der Waals surface area contributed by atoms with Crippen molar-refractivity contribution < 1.29 is 9.47 Å². The Balaban J connectivity index is 2.18. The number of halogens is 1. The Morgan fingerprint density at radius 1 is 1.05 bits per heavy atom. The van der Waals surface area contributed by atoms with E-state index in [9.17, 15) is 0 Å². The van der Waals surface area contributed by atoms with Crippen LogP contribution in [-0.2, 0) is 0 Å². The second-order valence-corrected chi connectivity index (χ2v) is 4.55. The van der Waals surface area contributed by atoms with Crippen LogP contribution in [0.5, 0.6) is 11.5 Å². The maximum Gasteiger partial charge on any atom is 0.157 e. The molecule has 0 bridgehead atoms. The lowest BCUT2D eigenvalue weighted by Crippen LogP contribution is -1.95. The zero-order valence-electron chi connectivity index (χ0n) is 11.0. The molecule has 0 N–H and O–H groups in total. The van der Waals surface area contributed by atoms with Gasteiger partial charge in [0.05, 0.1) is 26.1 Å². The maximum atomic E-state index is 6.20. The first kappa shape index (κ1) is 12.7. The van der Waals surface area contributed by atoms with E-state index in [0.717, 1.165) is 11.3 Å². The highest BCUT2D eigenvalue weighted by Crippen LogP contribution is 2.30. The van der Waals surface area contributed by atoms with Gasteiger partial charge in [-0.15, -0.1) is 0 Å². The molecule has 0 atom stereocenters. The minimum absolute atomic E-state index is 0.497. The molecule has 3 aromatic rings. The van der Waals surface area contributed by atoms with Crippen LogP contribution in [0.2, 0.25) is 5.15 Å². The number of fused-ring (bicyclic) bond motifs is 1. The maximum absolute atomic E-state index is 6.20. The summed E-state index contributed by atoms with van der Waals surface area (Å²) in [6.45, 7) is 0. The van der Waals surface area contributed by atoms with E-state index >= 15 is 0 Å². The molecular formula is C14H12ClN3O2. The van der Waals surface area contributed by atoms with Gasteiger partial charge < -0.3 is 9.47 Å². The zero-order valence-corrected chi connectivity index (χ0v) is 11.8. The molecule has 0 aliphatic carbocycles. The number of hydrogen-bond donors (Lipinski definition) is 0. The Hall–Kier alpha value is -2.27. The molecule has 0 fully saturated rings. The van der Waals surface area contributed by atoms with Crippen molar-refractivity contribution in [2.24, 2.45) is 0 Å². The summed E-state index contributed by atoms with van der Waals surface area (Å²) in [6.07, 6.45) is 1.66. The summed E-state index contributed by atoms with van der Waals surface area (Å²) in [6, 6.07) is 9.13. The zero-order chi connectivity index (χ0) is 14.1. The van der Waals surface area contributed by atoms with Crippen LogP contribution < -0.4 is 9.47 Å². The molecule has 6 heteroatoms. The highest BCUT2D eigenvalue weighted by Gasteiger charge is 2.09. The van der Waals surface area contributed by atoms with Crippen molar-refractivity contribution >= 4 is 17.2 Å². The molecule has 2 aromatic heterocycles. The summed E-state index contributed by atoms with van der Waals surface area (Å²) in [5, 5.41) is 4.59. The van der Waals surface area contributed by atoms with Crippen molar-refractivity contribution in [2.45, 2.75) is 0 Å². The highest BCUT2D eigenvalue weighted by molar-refractivity contribution is 6.30. The van der Waals surface area contributed by atoms with Crippen LogP contribution in [0.4, 0.5) is 0 Å². The number of benzene rings is 1. The van der Waals surface area contributed by atoms with Crippen molar-refractivity contribution in [1.29, 1.82) is 0 Å². The highest BCUT2D eigenvalue weighted by atomic mass is 35.5. The molecular weight excluding hydrogens is 278 g/mol. The molecule has 0 spiro atoms. The van der Waals surface area contributed by atoms with Gasteiger partial charge in [-0.2, -0.15) is 5.10 Å². The number of rotatable bonds is 3. The number of hydrogen-bond acceptors (Lipinski definition) is 4. The molecule has 0 amide bonds. The molecule has 0 unspecified atom stereocenters. The molecule has 0 aliphatic rings. The van der Waals surface area contributed by atoms with Gasteiger partial charge in [0.25, 0.3) is 0 Å². The Morgan fingerprint density at radius 3 is 2.40 bits per heavy atom. The fourth-order valence-electron chi connectivity index (χ4n) is 1.98. The molecule has 5 nitrogen and oxygen atoms in total. The molecule has 102 valence electrons. The fourth-order valence-corrected chi connectivity index (χ4v) is 2.21. The molecule has 20 heavy (non-hydrogen) atoms. The second kappa shape index (κ2) is 5.02. The predicted octanol–water partition coefficient (Wildman–Crippen LogP) is 3.07. The lowest BCUT2D eigenvalue weighted by Gasteiger charge is -2.09. The third kappa shape index (κ3) is 2.16. The molecule has 0 saturated heterocycles. The van der Waals surface area contributed by atoms with E-state index in [1.165, 1.54) is 0 Å². The fraction of sp³-hybridized carbons (Fsp3) is 0.143. The van der Waals surface area contributed by atoms with Crippen LogP contribution in [0, 0.1) is 0 Å². The minimum Gasteiger partial charge on any atom is -0.497 e. The smallest absolute Gasteiger partial charge is 0.157 e. The summed E-state index contributed by atoms with van der Waals surface area (Å²) in [5.41, 5.74) is 2.29. The van der Waals surface area contributed by atoms with Gasteiger partial charge in [-0.1, -0.05) is 11.6 Å². The standard InChI is InChI=1S/C14H12ClN3O2/c1-19-10-5-9(6-11(7-10)20-2)12-8-13(15)18-14(17-12)3-4-16-18/h3-8H,1-2H3. The second-order valence-electron chi connectivity index (χ2n) is 4.17. The van der Waals surface area contributed by atoms with Crippen molar-refractivity contribution in [3.05, 3.63) is 41.7 Å². The SMILES string of the molecule is COc1cc(OC)cc(-c2cc(Cl)n3nccc3n2)c1. The van der Waals surface area contributed by atoms with E-state index in [0.29, 0.717) is 22.3 Å². The van der Waals surface area contributed by atoms with Crippen molar-refractivity contribution in [3.8, 4) is 22.8 Å². The van der Waals surface area contributed by atoms with E-state index in [2.05, 4.69) is 10.1 Å². The average molecular weight is 290 g/mol. The van der Waals surface area contributed by atoms with Crippen LogP contribution >= 0.6 is 11.6 Å². The number of methoxy groups -OCH3 is 2. The van der Waals surface area contributed by atoms with Gasteiger partial charge in [0.15, 0.2) is 5.65 Å². The van der Waals surface area contributed by atoms with Gasteiger partial charge in [-0.3, -0.25) is 0 Å². The summed E-state index contributed by atoms with van der Waals surface area (Å²) in [7, 11) is 3.22. The molecule has 0 saturated carbocycles. The van der Waals surface area contributed by atoms with Gasteiger partial charge in [-0.05, 0) is 12.1 Å². The summed E-state index contributed by atoms with van der Waals surface area (Å²) in [5.74, 6) is 1.40. The van der Waals surface area contributed by atoms with Crippen molar-refractivity contribution in [3.63, 3.8) is 0 Å². The Kier molecular flexibility index (Phi) is 3.20. The molecule has 0 aliphatic heterocycles. The van der Waals surface area contributed by atoms with Gasteiger partial charge in [0.1, 0.15) is 16.7 Å². The van der Waals surface area contributed by atoms with E-state index in [4.69, 9.17) is 21.1 Å². The lowest BCUT2D eigenvalue weighted by molar-refractivity contribution is 0.394. The Bertz CT molecular complexity index is 748. The van der Waals surface area contributed by atoms with Gasteiger partial charge in [0, 0.05) is 23.8 Å². The third-order valence-corrected chi connectivity index (χ3v) is 3.23. The van der Waals surface area contributed by atoms with Crippen LogP contribution in [0.3, 0.4) is 0 Å². The lowest BCUT2D eigenvalue weighted by atomic mass is 10.1. The Labute approximate surface area is 120 Å². The third-order valence-electron chi connectivity index (χ3n) is 2.96. The number of aromatic nitrogens is 3.